The first-order chi connectivity index (χ1) is 19.2. The number of anilines is 4. The average molecular weight is 561 g/mol. The number of para-hydroxylation sites is 1. The van der Waals surface area contributed by atoms with Gasteiger partial charge in [-0.15, -0.1) is 0 Å². The van der Waals surface area contributed by atoms with E-state index in [0.29, 0.717) is 65.2 Å². The molecule has 0 aliphatic carbocycles. The normalized spacial score (nSPS) is 18.2. The van der Waals surface area contributed by atoms with Gasteiger partial charge in [0.1, 0.15) is 17.3 Å². The van der Waals surface area contributed by atoms with Gasteiger partial charge in [-0.3, -0.25) is 4.79 Å². The van der Waals surface area contributed by atoms with Crippen molar-refractivity contribution in [2.75, 3.05) is 29.9 Å². The van der Waals surface area contributed by atoms with E-state index in [4.69, 9.17) is 22.3 Å². The van der Waals surface area contributed by atoms with E-state index in [1.807, 2.05) is 6.92 Å². The summed E-state index contributed by atoms with van der Waals surface area (Å²) in [5.74, 6) is -1.01. The molecule has 2 aliphatic rings. The van der Waals surface area contributed by atoms with Crippen LogP contribution in [-0.4, -0.2) is 45.9 Å². The monoisotopic (exact) mass is 560 g/mol. The van der Waals surface area contributed by atoms with Crippen molar-refractivity contribution in [3.8, 4) is 11.3 Å². The number of halogens is 3. The number of hydrogen-bond donors (Lipinski definition) is 2. The molecule has 1 aromatic heterocycles. The molecule has 1 saturated heterocycles. The number of carbonyl (C=O) groups is 1. The zero-order chi connectivity index (χ0) is 28.0. The Kier molecular flexibility index (Phi) is 6.64. The van der Waals surface area contributed by atoms with Gasteiger partial charge in [0, 0.05) is 53.2 Å². The van der Waals surface area contributed by atoms with Crippen LogP contribution in [0.25, 0.3) is 11.3 Å². The molecule has 1 fully saturated rings. The van der Waals surface area contributed by atoms with E-state index < -0.39 is 11.6 Å². The smallest absolute Gasteiger partial charge is 0.253 e. The molecule has 10 heteroatoms. The van der Waals surface area contributed by atoms with Gasteiger partial charge in [-0.25, -0.2) is 18.7 Å². The van der Waals surface area contributed by atoms with E-state index in [2.05, 4.69) is 10.3 Å². The van der Waals surface area contributed by atoms with Gasteiger partial charge in [-0.05, 0) is 79.9 Å². The van der Waals surface area contributed by atoms with Crippen molar-refractivity contribution in [2.24, 2.45) is 5.73 Å². The van der Waals surface area contributed by atoms with Gasteiger partial charge in [0.05, 0.1) is 11.4 Å². The number of nitrogens with one attached hydrogen (secondary N) is 1. The Bertz CT molecular complexity index is 1590. The van der Waals surface area contributed by atoms with Crippen LogP contribution in [0.5, 0.6) is 0 Å². The van der Waals surface area contributed by atoms with Gasteiger partial charge >= 0.3 is 0 Å². The number of fused-ring (bicyclic) bond motifs is 3. The van der Waals surface area contributed by atoms with Gasteiger partial charge in [0.2, 0.25) is 5.95 Å². The van der Waals surface area contributed by atoms with Crippen molar-refractivity contribution in [1.29, 1.82) is 0 Å². The van der Waals surface area contributed by atoms with Crippen LogP contribution in [0.2, 0.25) is 5.02 Å². The molecule has 0 bridgehead atoms. The third-order valence-corrected chi connectivity index (χ3v) is 7.60. The number of nitrogens with two attached hydrogens (primary N) is 1. The van der Waals surface area contributed by atoms with E-state index in [1.165, 1.54) is 18.2 Å². The maximum atomic E-state index is 14.8. The number of rotatable bonds is 4. The third-order valence-electron chi connectivity index (χ3n) is 7.36. The van der Waals surface area contributed by atoms with Gasteiger partial charge in [-0.1, -0.05) is 17.7 Å². The molecule has 0 spiro atoms. The molecule has 1 unspecified atom stereocenters. The van der Waals surface area contributed by atoms with Crippen LogP contribution in [0.3, 0.4) is 0 Å². The highest BCUT2D eigenvalue weighted by Gasteiger charge is 2.33. The number of nitrogens with zero attached hydrogens (tertiary/aromatic N) is 4. The molecule has 2 aliphatic heterocycles. The molecule has 0 radical (unpaired) electrons. The van der Waals surface area contributed by atoms with Crippen molar-refractivity contribution >= 4 is 40.5 Å². The zero-order valence-corrected chi connectivity index (χ0v) is 22.6. The quantitative estimate of drug-likeness (QED) is 0.315. The second-order valence-electron chi connectivity index (χ2n) is 10.5. The number of likely N-dealkylation sites (tertiary alicyclic amines) is 1. The highest BCUT2D eigenvalue weighted by molar-refractivity contribution is 6.31. The molecular weight excluding hydrogens is 534 g/mol. The fourth-order valence-corrected chi connectivity index (χ4v) is 5.48. The summed E-state index contributed by atoms with van der Waals surface area (Å²) in [7, 11) is 0. The Balaban J connectivity index is 1.29. The Labute approximate surface area is 235 Å². The fraction of sp³-hybridized carbons (Fsp3) is 0.233. The molecule has 4 aromatic rings. The molecule has 3 aromatic carbocycles. The second kappa shape index (κ2) is 10.1. The lowest BCUT2D eigenvalue weighted by molar-refractivity contribution is 0.0785. The summed E-state index contributed by atoms with van der Waals surface area (Å²) < 4.78 is 29.6. The lowest BCUT2D eigenvalue weighted by Gasteiger charge is -2.26. The van der Waals surface area contributed by atoms with Crippen molar-refractivity contribution in [3.63, 3.8) is 0 Å². The minimum atomic E-state index is -0.658. The van der Waals surface area contributed by atoms with Gasteiger partial charge in [0.15, 0.2) is 0 Å². The third kappa shape index (κ3) is 4.98. The van der Waals surface area contributed by atoms with Gasteiger partial charge < -0.3 is 20.9 Å². The van der Waals surface area contributed by atoms with Crippen LogP contribution in [-0.2, 0) is 6.42 Å². The van der Waals surface area contributed by atoms with Crippen molar-refractivity contribution in [2.45, 2.75) is 25.3 Å². The Morgan fingerprint density at radius 3 is 2.52 bits per heavy atom. The molecule has 0 saturated carbocycles. The summed E-state index contributed by atoms with van der Waals surface area (Å²) in [5, 5.41) is 3.64. The minimum Gasteiger partial charge on any atom is -0.337 e. The van der Waals surface area contributed by atoms with E-state index in [1.54, 1.807) is 58.5 Å². The minimum absolute atomic E-state index is 0.0480. The van der Waals surface area contributed by atoms with Crippen molar-refractivity contribution < 1.29 is 13.6 Å². The highest BCUT2D eigenvalue weighted by Crippen LogP contribution is 2.42. The molecule has 7 nitrogen and oxygen atoms in total. The van der Waals surface area contributed by atoms with Crippen LogP contribution < -0.4 is 16.0 Å². The Morgan fingerprint density at radius 1 is 1.07 bits per heavy atom. The fourth-order valence-electron chi connectivity index (χ4n) is 5.31. The van der Waals surface area contributed by atoms with Gasteiger partial charge in [-0.2, -0.15) is 0 Å². The predicted molar refractivity (Wildman–Crippen MR) is 152 cm³/mol. The van der Waals surface area contributed by atoms with Crippen molar-refractivity contribution in [3.05, 3.63) is 94.6 Å². The molecule has 204 valence electrons. The topological polar surface area (TPSA) is 87.4 Å². The summed E-state index contributed by atoms with van der Waals surface area (Å²) >= 11 is 6.33. The molecular formula is C30H27ClF2N6O. The second-order valence-corrected chi connectivity index (χ2v) is 11.0. The SMILES string of the molecule is CC1(N)CCN(C(=O)c2ccc(Nc3ncc4c(n3)-c3ccc(Cl)cc3N(c3c(F)cccc3F)CC4)cc2)C1. The highest BCUT2D eigenvalue weighted by atomic mass is 35.5. The maximum absolute atomic E-state index is 14.8. The molecule has 3 heterocycles. The largest absolute Gasteiger partial charge is 0.337 e. The first kappa shape index (κ1) is 26.2. The number of carbonyl (C=O) groups excluding carboxylic acids is 1. The number of aromatic nitrogens is 2. The van der Waals surface area contributed by atoms with E-state index in [0.717, 1.165) is 12.0 Å². The first-order valence-corrected chi connectivity index (χ1v) is 13.4. The number of hydrogen-bond acceptors (Lipinski definition) is 6. The van der Waals surface area contributed by atoms with Crippen LogP contribution in [0.1, 0.15) is 29.3 Å². The maximum Gasteiger partial charge on any atom is 0.253 e. The zero-order valence-electron chi connectivity index (χ0n) is 21.8. The van der Waals surface area contributed by atoms with Gasteiger partial charge in [0.25, 0.3) is 5.91 Å². The summed E-state index contributed by atoms with van der Waals surface area (Å²) in [4.78, 5) is 25.5. The molecule has 1 amide bonds. The van der Waals surface area contributed by atoms with Crippen LogP contribution in [0, 0.1) is 11.6 Å². The van der Waals surface area contributed by atoms with E-state index >= 15 is 0 Å². The van der Waals surface area contributed by atoms with Crippen molar-refractivity contribution in [1.82, 2.24) is 14.9 Å². The predicted octanol–water partition coefficient (Wildman–Crippen LogP) is 6.08. The average Bonchev–Trinajstić information content (AvgIpc) is 3.22. The standard InChI is InChI=1S/C30H27ClF2N6O/c1-30(34)12-14-38(17-30)28(40)18-5-8-21(9-6-18)36-29-35-16-19-11-13-39(27-23(32)3-2-4-24(27)33)25-15-20(31)7-10-22(25)26(19)37-29/h2-10,15-16H,11-14,17,34H2,1H3,(H,35,36,37). The molecule has 1 atom stereocenters. The Hall–Kier alpha value is -4.08. The van der Waals surface area contributed by atoms with Crippen LogP contribution in [0.4, 0.5) is 31.8 Å². The lowest BCUT2D eigenvalue weighted by Crippen LogP contribution is -2.40. The summed E-state index contributed by atoms with van der Waals surface area (Å²) in [6.07, 6.45) is 2.96. The van der Waals surface area contributed by atoms with Crippen LogP contribution >= 0.6 is 11.6 Å². The molecule has 3 N–H and O–H groups in total. The first-order valence-electron chi connectivity index (χ1n) is 13.0. The van der Waals surface area contributed by atoms with E-state index in [-0.39, 0.29) is 17.1 Å². The number of amides is 1. The molecule has 40 heavy (non-hydrogen) atoms. The van der Waals surface area contributed by atoms with Crippen LogP contribution in [0.15, 0.2) is 66.9 Å². The Morgan fingerprint density at radius 2 is 1.82 bits per heavy atom. The number of benzene rings is 3. The van der Waals surface area contributed by atoms with E-state index in [9.17, 15) is 13.6 Å². The summed E-state index contributed by atoms with van der Waals surface area (Å²) in [5.41, 5.74) is 9.70. The lowest BCUT2D eigenvalue weighted by atomic mass is 10.0. The summed E-state index contributed by atoms with van der Waals surface area (Å²) in [6, 6.07) is 16.2. The summed E-state index contributed by atoms with van der Waals surface area (Å²) in [6.45, 7) is 3.44. The molecule has 6 rings (SSSR count).